The summed E-state index contributed by atoms with van der Waals surface area (Å²) in [4.78, 5) is 3.98. The summed E-state index contributed by atoms with van der Waals surface area (Å²) < 4.78 is 0. The van der Waals surface area contributed by atoms with Crippen LogP contribution in [0.5, 0.6) is 0 Å². The molecule has 0 aliphatic rings. The molecule has 0 aromatic carbocycles. The predicted octanol–water partition coefficient (Wildman–Crippen LogP) is 0.0959. The second-order valence-corrected chi connectivity index (χ2v) is 2.85. The quantitative estimate of drug-likeness (QED) is 0.583. The maximum absolute atomic E-state index is 5.44. The standard InChI is InChI=1S/C5H10N4S/c6-1-2-8-5-9-3-4(7)10-5/h3H,1-2,6-7H2,(H,8,9). The molecule has 5 heteroatoms. The van der Waals surface area contributed by atoms with Crippen molar-refractivity contribution in [3.8, 4) is 0 Å². The minimum absolute atomic E-state index is 0.611. The lowest BCUT2D eigenvalue weighted by Crippen LogP contribution is -2.12. The van der Waals surface area contributed by atoms with Crippen molar-refractivity contribution in [2.24, 2.45) is 5.73 Å². The van der Waals surface area contributed by atoms with Crippen LogP contribution in [0.1, 0.15) is 0 Å². The van der Waals surface area contributed by atoms with Crippen LogP contribution in [0, 0.1) is 0 Å². The number of thiazole rings is 1. The first-order chi connectivity index (χ1) is 4.83. The highest BCUT2D eigenvalue weighted by molar-refractivity contribution is 7.19. The van der Waals surface area contributed by atoms with E-state index >= 15 is 0 Å². The molecule has 0 amide bonds. The first-order valence-corrected chi connectivity index (χ1v) is 3.80. The van der Waals surface area contributed by atoms with Crippen LogP contribution in [0.25, 0.3) is 0 Å². The van der Waals surface area contributed by atoms with Gasteiger partial charge < -0.3 is 16.8 Å². The Hall–Kier alpha value is -0.810. The van der Waals surface area contributed by atoms with Crippen molar-refractivity contribution in [1.29, 1.82) is 0 Å². The first kappa shape index (κ1) is 7.30. The van der Waals surface area contributed by atoms with Crippen LogP contribution in [0.2, 0.25) is 0 Å². The summed E-state index contributed by atoms with van der Waals surface area (Å²) in [7, 11) is 0. The highest BCUT2D eigenvalue weighted by Crippen LogP contribution is 2.18. The van der Waals surface area contributed by atoms with Gasteiger partial charge in [0.2, 0.25) is 0 Å². The van der Waals surface area contributed by atoms with Crippen molar-refractivity contribution in [3.05, 3.63) is 6.20 Å². The molecule has 0 saturated carbocycles. The number of nitrogens with zero attached hydrogens (tertiary/aromatic N) is 1. The molecule has 1 rings (SSSR count). The van der Waals surface area contributed by atoms with Gasteiger partial charge in [-0.3, -0.25) is 0 Å². The summed E-state index contributed by atoms with van der Waals surface area (Å²) in [5, 5.41) is 4.58. The summed E-state index contributed by atoms with van der Waals surface area (Å²) in [6.07, 6.45) is 1.63. The average Bonchev–Trinajstić information content (AvgIpc) is 2.31. The maximum atomic E-state index is 5.44. The van der Waals surface area contributed by atoms with E-state index in [1.807, 2.05) is 0 Å². The SMILES string of the molecule is NCCNc1ncc(N)s1. The lowest BCUT2D eigenvalue weighted by Gasteiger charge is -1.95. The van der Waals surface area contributed by atoms with Crippen LogP contribution in [-0.2, 0) is 0 Å². The zero-order valence-electron chi connectivity index (χ0n) is 5.50. The third-order valence-corrected chi connectivity index (χ3v) is 1.73. The molecular weight excluding hydrogens is 148 g/mol. The number of hydrogen-bond acceptors (Lipinski definition) is 5. The second kappa shape index (κ2) is 3.38. The Morgan fingerprint density at radius 1 is 1.70 bits per heavy atom. The van der Waals surface area contributed by atoms with E-state index in [-0.39, 0.29) is 0 Å². The number of nitrogens with one attached hydrogen (secondary N) is 1. The molecule has 4 nitrogen and oxygen atoms in total. The predicted molar refractivity (Wildman–Crippen MR) is 44.1 cm³/mol. The summed E-state index contributed by atoms with van der Waals surface area (Å²) in [6, 6.07) is 0. The molecule has 5 N–H and O–H groups in total. The molecular formula is C5H10N4S. The Bertz CT molecular complexity index is 197. The topological polar surface area (TPSA) is 77.0 Å². The van der Waals surface area contributed by atoms with Gasteiger partial charge in [-0.2, -0.15) is 0 Å². The fourth-order valence-electron chi connectivity index (χ4n) is 0.547. The molecule has 0 aliphatic carbocycles. The van der Waals surface area contributed by atoms with Crippen LogP contribution >= 0.6 is 11.3 Å². The Morgan fingerprint density at radius 2 is 2.50 bits per heavy atom. The van der Waals surface area contributed by atoms with Gasteiger partial charge in [-0.05, 0) is 0 Å². The largest absolute Gasteiger partial charge is 0.389 e. The highest BCUT2D eigenvalue weighted by Gasteiger charge is 1.94. The van der Waals surface area contributed by atoms with E-state index in [0.717, 1.165) is 16.7 Å². The van der Waals surface area contributed by atoms with E-state index in [1.165, 1.54) is 11.3 Å². The van der Waals surface area contributed by atoms with Crippen LogP contribution < -0.4 is 16.8 Å². The molecule has 1 heterocycles. The maximum Gasteiger partial charge on any atom is 0.184 e. The van der Waals surface area contributed by atoms with E-state index in [2.05, 4.69) is 10.3 Å². The Labute approximate surface area is 63.3 Å². The molecule has 0 spiro atoms. The zero-order chi connectivity index (χ0) is 7.40. The monoisotopic (exact) mass is 158 g/mol. The fourth-order valence-corrected chi connectivity index (χ4v) is 1.16. The lowest BCUT2D eigenvalue weighted by molar-refractivity contribution is 1.02. The summed E-state index contributed by atoms with van der Waals surface area (Å²) in [5.74, 6) is 0. The number of nitrogen functional groups attached to an aromatic ring is 1. The first-order valence-electron chi connectivity index (χ1n) is 2.98. The fraction of sp³-hybridized carbons (Fsp3) is 0.400. The third-order valence-electron chi connectivity index (χ3n) is 0.944. The molecule has 0 fully saturated rings. The van der Waals surface area contributed by atoms with E-state index < -0.39 is 0 Å². The van der Waals surface area contributed by atoms with Gasteiger partial charge in [-0.1, -0.05) is 11.3 Å². The number of aromatic nitrogens is 1. The smallest absolute Gasteiger partial charge is 0.184 e. The molecule has 0 unspecified atom stereocenters. The number of hydrogen-bond donors (Lipinski definition) is 3. The molecule has 0 aliphatic heterocycles. The highest BCUT2D eigenvalue weighted by atomic mass is 32.1. The van der Waals surface area contributed by atoms with Crippen molar-refractivity contribution in [2.45, 2.75) is 0 Å². The minimum atomic E-state index is 0.611. The number of rotatable bonds is 3. The molecule has 56 valence electrons. The van der Waals surface area contributed by atoms with Crippen LogP contribution in [0.4, 0.5) is 10.1 Å². The minimum Gasteiger partial charge on any atom is -0.389 e. The van der Waals surface area contributed by atoms with Gasteiger partial charge >= 0.3 is 0 Å². The van der Waals surface area contributed by atoms with Gasteiger partial charge in [-0.25, -0.2) is 4.98 Å². The van der Waals surface area contributed by atoms with Gasteiger partial charge in [0.15, 0.2) is 5.13 Å². The molecule has 0 radical (unpaired) electrons. The van der Waals surface area contributed by atoms with Gasteiger partial charge in [0.25, 0.3) is 0 Å². The zero-order valence-corrected chi connectivity index (χ0v) is 6.32. The second-order valence-electron chi connectivity index (χ2n) is 1.78. The molecule has 0 saturated heterocycles. The molecule has 1 aromatic heterocycles. The van der Waals surface area contributed by atoms with Crippen LogP contribution in [-0.4, -0.2) is 18.1 Å². The van der Waals surface area contributed by atoms with Crippen molar-refractivity contribution in [3.63, 3.8) is 0 Å². The third kappa shape index (κ3) is 1.85. The van der Waals surface area contributed by atoms with Crippen LogP contribution in [0.3, 0.4) is 0 Å². The average molecular weight is 158 g/mol. The van der Waals surface area contributed by atoms with E-state index in [0.29, 0.717) is 6.54 Å². The van der Waals surface area contributed by atoms with Crippen molar-refractivity contribution in [2.75, 3.05) is 24.1 Å². The van der Waals surface area contributed by atoms with Crippen molar-refractivity contribution < 1.29 is 0 Å². The Balaban J connectivity index is 2.42. The number of anilines is 2. The Morgan fingerprint density at radius 3 is 3.00 bits per heavy atom. The molecule has 0 bridgehead atoms. The summed E-state index contributed by atoms with van der Waals surface area (Å²) in [5.41, 5.74) is 10.7. The summed E-state index contributed by atoms with van der Waals surface area (Å²) in [6.45, 7) is 1.35. The number of nitrogens with two attached hydrogens (primary N) is 2. The van der Waals surface area contributed by atoms with E-state index in [1.54, 1.807) is 6.20 Å². The van der Waals surface area contributed by atoms with Gasteiger partial charge in [-0.15, -0.1) is 0 Å². The van der Waals surface area contributed by atoms with Crippen LogP contribution in [0.15, 0.2) is 6.20 Å². The normalized spacial score (nSPS) is 9.70. The molecule has 0 atom stereocenters. The van der Waals surface area contributed by atoms with Crippen molar-refractivity contribution >= 4 is 21.5 Å². The van der Waals surface area contributed by atoms with E-state index in [4.69, 9.17) is 11.5 Å². The molecule has 10 heavy (non-hydrogen) atoms. The van der Waals surface area contributed by atoms with Gasteiger partial charge in [0.05, 0.1) is 6.20 Å². The van der Waals surface area contributed by atoms with Gasteiger partial charge in [0.1, 0.15) is 5.00 Å². The Kier molecular flexibility index (Phi) is 2.47. The van der Waals surface area contributed by atoms with Crippen molar-refractivity contribution in [1.82, 2.24) is 4.98 Å². The summed E-state index contributed by atoms with van der Waals surface area (Å²) >= 11 is 1.43. The van der Waals surface area contributed by atoms with Gasteiger partial charge in [0, 0.05) is 13.1 Å². The van der Waals surface area contributed by atoms with E-state index in [9.17, 15) is 0 Å². The molecule has 1 aromatic rings. The lowest BCUT2D eigenvalue weighted by atomic mass is 10.7.